The molecule has 6 nitrogen and oxygen atoms in total. The Balaban J connectivity index is 2.23. The van der Waals surface area contributed by atoms with E-state index in [4.69, 9.17) is 0 Å². The fourth-order valence-electron chi connectivity index (χ4n) is 2.51. The number of nitrogens with one attached hydrogen (secondary N) is 1. The minimum atomic E-state index is -3.62. The highest BCUT2D eigenvalue weighted by Crippen LogP contribution is 2.19. The maximum atomic E-state index is 12.7. The molecule has 0 aliphatic rings. The Hall–Kier alpha value is -1.99. The maximum absolute atomic E-state index is 12.7. The standard InChI is InChI=1S/C17H23N3O3S/c1-4-20(11-16(21)19-13(2)3)24(22,23)12-15-8-5-7-14-9-6-10-18-17(14)15/h5-10,13H,4,11-12H2,1-3H3,(H,19,21). The number of para-hydroxylation sites is 1. The van der Waals surface area contributed by atoms with Crippen LogP contribution >= 0.6 is 0 Å². The van der Waals surface area contributed by atoms with Gasteiger partial charge in [-0.15, -0.1) is 0 Å². The Kier molecular flexibility index (Phi) is 5.90. The van der Waals surface area contributed by atoms with Crippen LogP contribution in [0.3, 0.4) is 0 Å². The summed E-state index contributed by atoms with van der Waals surface area (Å²) in [5.74, 6) is -0.476. The zero-order chi connectivity index (χ0) is 17.7. The van der Waals surface area contributed by atoms with Crippen molar-refractivity contribution >= 4 is 26.8 Å². The van der Waals surface area contributed by atoms with Gasteiger partial charge < -0.3 is 5.32 Å². The third-order valence-electron chi connectivity index (χ3n) is 3.57. The fraction of sp³-hybridized carbons (Fsp3) is 0.412. The van der Waals surface area contributed by atoms with Crippen molar-refractivity contribution in [3.05, 3.63) is 42.1 Å². The predicted molar refractivity (Wildman–Crippen MR) is 94.9 cm³/mol. The third-order valence-corrected chi connectivity index (χ3v) is 5.42. The summed E-state index contributed by atoms with van der Waals surface area (Å²) in [5, 5.41) is 3.61. The first-order chi connectivity index (χ1) is 11.3. The molecule has 0 aliphatic heterocycles. The minimum Gasteiger partial charge on any atom is -0.353 e. The zero-order valence-electron chi connectivity index (χ0n) is 14.2. The van der Waals surface area contributed by atoms with E-state index in [2.05, 4.69) is 10.3 Å². The Morgan fingerprint density at radius 2 is 1.96 bits per heavy atom. The van der Waals surface area contributed by atoms with Gasteiger partial charge in [-0.3, -0.25) is 9.78 Å². The topological polar surface area (TPSA) is 79.4 Å². The third kappa shape index (κ3) is 4.52. The molecule has 0 atom stereocenters. The number of benzene rings is 1. The molecule has 0 fully saturated rings. The molecular formula is C17H23N3O3S. The van der Waals surface area contributed by atoms with Gasteiger partial charge in [0.1, 0.15) is 0 Å². The number of likely N-dealkylation sites (N-methyl/N-ethyl adjacent to an activating group) is 1. The fourth-order valence-corrected chi connectivity index (χ4v) is 4.02. The van der Waals surface area contributed by atoms with Crippen LogP contribution in [0.15, 0.2) is 36.5 Å². The summed E-state index contributed by atoms with van der Waals surface area (Å²) in [4.78, 5) is 16.2. The summed E-state index contributed by atoms with van der Waals surface area (Å²) in [7, 11) is -3.62. The number of aromatic nitrogens is 1. The largest absolute Gasteiger partial charge is 0.353 e. The first-order valence-electron chi connectivity index (χ1n) is 7.93. The summed E-state index contributed by atoms with van der Waals surface area (Å²) in [5.41, 5.74) is 1.31. The number of rotatable bonds is 7. The van der Waals surface area contributed by atoms with Gasteiger partial charge in [-0.05, 0) is 25.5 Å². The SMILES string of the molecule is CCN(CC(=O)NC(C)C)S(=O)(=O)Cc1cccc2cccnc12. The number of pyridine rings is 1. The van der Waals surface area contributed by atoms with Gasteiger partial charge in [0.2, 0.25) is 15.9 Å². The lowest BCUT2D eigenvalue weighted by molar-refractivity contribution is -0.121. The van der Waals surface area contributed by atoms with Crippen LogP contribution in [0, 0.1) is 0 Å². The second kappa shape index (κ2) is 7.72. The molecule has 0 radical (unpaired) electrons. The van der Waals surface area contributed by atoms with Gasteiger partial charge >= 0.3 is 0 Å². The van der Waals surface area contributed by atoms with E-state index < -0.39 is 10.0 Å². The van der Waals surface area contributed by atoms with E-state index in [1.54, 1.807) is 19.2 Å². The molecule has 2 rings (SSSR count). The number of hydrogen-bond acceptors (Lipinski definition) is 4. The van der Waals surface area contributed by atoms with Crippen LogP contribution in [0.4, 0.5) is 0 Å². The molecule has 1 heterocycles. The summed E-state index contributed by atoms with van der Waals surface area (Å²) in [6.07, 6.45) is 1.64. The summed E-state index contributed by atoms with van der Waals surface area (Å²) >= 11 is 0. The van der Waals surface area contributed by atoms with Crippen molar-refractivity contribution in [3.8, 4) is 0 Å². The number of hydrogen-bond donors (Lipinski definition) is 1. The molecule has 0 aliphatic carbocycles. The van der Waals surface area contributed by atoms with Crippen LogP contribution in [-0.4, -0.2) is 42.7 Å². The summed E-state index contributed by atoms with van der Waals surface area (Å²) in [6, 6.07) is 9.15. The average molecular weight is 349 g/mol. The Morgan fingerprint density at radius 3 is 2.62 bits per heavy atom. The monoisotopic (exact) mass is 349 g/mol. The van der Waals surface area contributed by atoms with Crippen LogP contribution in [0.2, 0.25) is 0 Å². The van der Waals surface area contributed by atoms with E-state index in [0.29, 0.717) is 11.1 Å². The van der Waals surface area contributed by atoms with E-state index in [-0.39, 0.29) is 30.8 Å². The quantitative estimate of drug-likeness (QED) is 0.828. The lowest BCUT2D eigenvalue weighted by Gasteiger charge is -2.21. The molecule has 0 unspecified atom stereocenters. The second-order valence-electron chi connectivity index (χ2n) is 5.90. The molecule has 2 aromatic rings. The Morgan fingerprint density at radius 1 is 1.25 bits per heavy atom. The smallest absolute Gasteiger partial charge is 0.235 e. The number of fused-ring (bicyclic) bond motifs is 1. The van der Waals surface area contributed by atoms with Gasteiger partial charge in [0.25, 0.3) is 0 Å². The first kappa shape index (κ1) is 18.4. The van der Waals surface area contributed by atoms with Crippen molar-refractivity contribution in [1.82, 2.24) is 14.6 Å². The normalized spacial score (nSPS) is 12.0. The highest BCUT2D eigenvalue weighted by atomic mass is 32.2. The van der Waals surface area contributed by atoms with E-state index in [9.17, 15) is 13.2 Å². The molecule has 1 N–H and O–H groups in total. The number of sulfonamides is 1. The Labute approximate surface area is 142 Å². The van der Waals surface area contributed by atoms with Crippen LogP contribution in [0.25, 0.3) is 10.9 Å². The van der Waals surface area contributed by atoms with Crippen LogP contribution in [0.5, 0.6) is 0 Å². The highest BCUT2D eigenvalue weighted by molar-refractivity contribution is 7.88. The molecule has 1 aromatic carbocycles. The molecule has 0 spiro atoms. The molecule has 0 saturated carbocycles. The van der Waals surface area contributed by atoms with Gasteiger partial charge in [-0.1, -0.05) is 31.2 Å². The summed E-state index contributed by atoms with van der Waals surface area (Å²) < 4.78 is 26.6. The van der Waals surface area contributed by atoms with E-state index in [1.165, 1.54) is 4.31 Å². The van der Waals surface area contributed by atoms with Gasteiger partial charge in [0, 0.05) is 24.2 Å². The lowest BCUT2D eigenvalue weighted by atomic mass is 10.1. The van der Waals surface area contributed by atoms with Crippen molar-refractivity contribution < 1.29 is 13.2 Å². The number of carbonyl (C=O) groups excluding carboxylic acids is 1. The van der Waals surface area contributed by atoms with E-state index >= 15 is 0 Å². The lowest BCUT2D eigenvalue weighted by Crippen LogP contribution is -2.43. The number of amides is 1. The predicted octanol–water partition coefficient (Wildman–Crippen LogP) is 1.91. The van der Waals surface area contributed by atoms with Gasteiger partial charge in [-0.2, -0.15) is 4.31 Å². The van der Waals surface area contributed by atoms with Gasteiger partial charge in [-0.25, -0.2) is 8.42 Å². The van der Waals surface area contributed by atoms with Crippen molar-refractivity contribution in [2.45, 2.75) is 32.6 Å². The van der Waals surface area contributed by atoms with Crippen LogP contribution in [-0.2, 0) is 20.6 Å². The second-order valence-corrected chi connectivity index (χ2v) is 7.87. The van der Waals surface area contributed by atoms with Crippen molar-refractivity contribution in [3.63, 3.8) is 0 Å². The molecular weight excluding hydrogens is 326 g/mol. The maximum Gasteiger partial charge on any atom is 0.235 e. The number of carbonyl (C=O) groups is 1. The minimum absolute atomic E-state index is 0.0267. The zero-order valence-corrected chi connectivity index (χ0v) is 15.0. The molecule has 0 bridgehead atoms. The van der Waals surface area contributed by atoms with Crippen LogP contribution in [0.1, 0.15) is 26.3 Å². The van der Waals surface area contributed by atoms with Gasteiger partial charge in [0.15, 0.2) is 0 Å². The molecule has 1 amide bonds. The van der Waals surface area contributed by atoms with Crippen molar-refractivity contribution in [2.75, 3.05) is 13.1 Å². The first-order valence-corrected chi connectivity index (χ1v) is 9.54. The number of nitrogens with zero attached hydrogens (tertiary/aromatic N) is 2. The molecule has 24 heavy (non-hydrogen) atoms. The highest BCUT2D eigenvalue weighted by Gasteiger charge is 2.24. The average Bonchev–Trinajstić information content (AvgIpc) is 2.52. The summed E-state index contributed by atoms with van der Waals surface area (Å²) in [6.45, 7) is 5.47. The van der Waals surface area contributed by atoms with Gasteiger partial charge in [0.05, 0.1) is 17.8 Å². The molecule has 130 valence electrons. The van der Waals surface area contributed by atoms with E-state index in [1.807, 2.05) is 38.1 Å². The van der Waals surface area contributed by atoms with Crippen LogP contribution < -0.4 is 5.32 Å². The Bertz CT molecular complexity index is 813. The molecule has 0 saturated heterocycles. The van der Waals surface area contributed by atoms with Crippen molar-refractivity contribution in [2.24, 2.45) is 0 Å². The van der Waals surface area contributed by atoms with Crippen molar-refractivity contribution in [1.29, 1.82) is 0 Å². The van der Waals surface area contributed by atoms with E-state index in [0.717, 1.165) is 5.39 Å². The molecule has 7 heteroatoms. The molecule has 1 aromatic heterocycles.